The number of hydrogen-bond acceptors (Lipinski definition) is 4. The van der Waals surface area contributed by atoms with Crippen molar-refractivity contribution in [3.63, 3.8) is 0 Å². The summed E-state index contributed by atoms with van der Waals surface area (Å²) in [6.07, 6.45) is 7.48. The van der Waals surface area contributed by atoms with Gasteiger partial charge in [-0.25, -0.2) is 8.42 Å². The quantitative estimate of drug-likeness (QED) is 0.439. The molecule has 2 amide bonds. The van der Waals surface area contributed by atoms with E-state index in [4.69, 9.17) is 0 Å². The van der Waals surface area contributed by atoms with Gasteiger partial charge < -0.3 is 9.80 Å². The monoisotopic (exact) mass is 539 g/mol. The van der Waals surface area contributed by atoms with Crippen molar-refractivity contribution in [2.75, 3.05) is 26.2 Å². The maximum Gasteiger partial charge on any atom is 0.243 e. The third-order valence-electron chi connectivity index (χ3n) is 7.85. The fraction of sp³-hybridized carbons (Fsp3) is 0.533. The van der Waals surface area contributed by atoms with Gasteiger partial charge in [-0.1, -0.05) is 74.7 Å². The third-order valence-corrected chi connectivity index (χ3v) is 9.71. The number of amides is 2. The molecule has 0 N–H and O–H groups in total. The molecule has 206 valence electrons. The second-order valence-electron chi connectivity index (χ2n) is 10.6. The van der Waals surface area contributed by atoms with Gasteiger partial charge in [-0.3, -0.25) is 9.59 Å². The summed E-state index contributed by atoms with van der Waals surface area (Å²) in [5, 5.41) is 0. The first-order valence-electron chi connectivity index (χ1n) is 14.1. The normalized spacial score (nSPS) is 17.5. The average molecular weight is 540 g/mol. The molecule has 2 fully saturated rings. The van der Waals surface area contributed by atoms with Crippen LogP contribution in [0.2, 0.25) is 0 Å². The van der Waals surface area contributed by atoms with Crippen molar-refractivity contribution in [1.82, 2.24) is 14.1 Å². The van der Waals surface area contributed by atoms with Crippen molar-refractivity contribution in [1.29, 1.82) is 0 Å². The first kappa shape index (κ1) is 28.3. The van der Waals surface area contributed by atoms with Crippen LogP contribution in [0.3, 0.4) is 0 Å². The van der Waals surface area contributed by atoms with E-state index in [1.165, 1.54) is 10.7 Å². The number of carbonyl (C=O) groups excluding carboxylic acids is 2. The van der Waals surface area contributed by atoms with E-state index in [1.54, 1.807) is 30.3 Å². The largest absolute Gasteiger partial charge is 0.342 e. The number of likely N-dealkylation sites (tertiary alicyclic amines) is 1. The number of rotatable bonds is 10. The number of hydrogen-bond donors (Lipinski definition) is 0. The van der Waals surface area contributed by atoms with E-state index in [2.05, 4.69) is 0 Å². The molecular weight excluding hydrogens is 498 g/mol. The molecule has 8 heteroatoms. The van der Waals surface area contributed by atoms with Gasteiger partial charge in [-0.2, -0.15) is 4.31 Å². The van der Waals surface area contributed by atoms with Gasteiger partial charge >= 0.3 is 0 Å². The van der Waals surface area contributed by atoms with Crippen LogP contribution in [0.5, 0.6) is 0 Å². The molecule has 38 heavy (non-hydrogen) atoms. The van der Waals surface area contributed by atoms with Gasteiger partial charge in [0.2, 0.25) is 21.8 Å². The SMILES string of the molecule is CCCN(CC(=O)N(Cc1ccccc1)C1CCN(C(=O)C2CCCCC2)CC1)S(=O)(=O)c1ccccc1. The average Bonchev–Trinajstić information content (AvgIpc) is 2.97. The van der Waals surface area contributed by atoms with Crippen molar-refractivity contribution >= 4 is 21.8 Å². The lowest BCUT2D eigenvalue weighted by molar-refractivity contribution is -0.140. The summed E-state index contributed by atoms with van der Waals surface area (Å²) in [5.74, 6) is 0.221. The highest BCUT2D eigenvalue weighted by molar-refractivity contribution is 7.89. The molecule has 1 heterocycles. The summed E-state index contributed by atoms with van der Waals surface area (Å²) in [6, 6.07) is 18.1. The van der Waals surface area contributed by atoms with Crippen LogP contribution in [-0.2, 0) is 26.2 Å². The molecule has 0 spiro atoms. The topological polar surface area (TPSA) is 78.0 Å². The summed E-state index contributed by atoms with van der Waals surface area (Å²) < 4.78 is 28.1. The van der Waals surface area contributed by atoms with Gasteiger partial charge in [0.1, 0.15) is 0 Å². The highest BCUT2D eigenvalue weighted by Crippen LogP contribution is 2.28. The number of sulfonamides is 1. The fourth-order valence-corrected chi connectivity index (χ4v) is 7.23. The summed E-state index contributed by atoms with van der Waals surface area (Å²) >= 11 is 0. The van der Waals surface area contributed by atoms with Gasteiger partial charge in [0.15, 0.2) is 0 Å². The minimum absolute atomic E-state index is 0.0407. The molecule has 1 aliphatic carbocycles. The maximum absolute atomic E-state index is 13.8. The van der Waals surface area contributed by atoms with Crippen molar-refractivity contribution in [2.24, 2.45) is 5.92 Å². The summed E-state index contributed by atoms with van der Waals surface area (Å²) in [4.78, 5) is 30.9. The Bertz CT molecular complexity index is 1140. The van der Waals surface area contributed by atoms with E-state index in [0.29, 0.717) is 38.9 Å². The second kappa shape index (κ2) is 13.4. The molecule has 2 aliphatic rings. The Morgan fingerprint density at radius 3 is 2.08 bits per heavy atom. The van der Waals surface area contributed by atoms with E-state index < -0.39 is 10.0 Å². The molecule has 0 unspecified atom stereocenters. The van der Waals surface area contributed by atoms with Crippen LogP contribution in [0.4, 0.5) is 0 Å². The Morgan fingerprint density at radius 2 is 1.47 bits per heavy atom. The molecule has 0 bridgehead atoms. The molecular formula is C30H41N3O4S. The van der Waals surface area contributed by atoms with E-state index in [-0.39, 0.29) is 41.8 Å². The van der Waals surface area contributed by atoms with Crippen molar-refractivity contribution in [3.05, 3.63) is 66.2 Å². The van der Waals surface area contributed by atoms with Crippen molar-refractivity contribution in [3.8, 4) is 0 Å². The predicted octanol–water partition coefficient (Wildman–Crippen LogP) is 4.69. The Labute approximate surface area is 227 Å². The van der Waals surface area contributed by atoms with Crippen LogP contribution in [0.1, 0.15) is 63.9 Å². The lowest BCUT2D eigenvalue weighted by atomic mass is 9.87. The van der Waals surface area contributed by atoms with E-state index in [1.807, 2.05) is 47.1 Å². The molecule has 0 aromatic heterocycles. The van der Waals surface area contributed by atoms with Gasteiger partial charge in [0, 0.05) is 38.1 Å². The van der Waals surface area contributed by atoms with Crippen LogP contribution in [0, 0.1) is 5.92 Å². The van der Waals surface area contributed by atoms with Crippen LogP contribution >= 0.6 is 0 Å². The Kier molecular flexibility index (Phi) is 9.97. The predicted molar refractivity (Wildman–Crippen MR) is 149 cm³/mol. The number of nitrogens with zero attached hydrogens (tertiary/aromatic N) is 3. The van der Waals surface area contributed by atoms with E-state index in [0.717, 1.165) is 31.2 Å². The molecule has 7 nitrogen and oxygen atoms in total. The summed E-state index contributed by atoms with van der Waals surface area (Å²) in [6.45, 7) is 3.69. The molecule has 4 rings (SSSR count). The lowest BCUT2D eigenvalue weighted by Crippen LogP contribution is -2.52. The second-order valence-corrected chi connectivity index (χ2v) is 12.5. The minimum atomic E-state index is -3.79. The van der Waals surface area contributed by atoms with Gasteiger partial charge in [-0.15, -0.1) is 0 Å². The Morgan fingerprint density at radius 1 is 0.868 bits per heavy atom. The molecule has 1 saturated heterocycles. The van der Waals surface area contributed by atoms with E-state index >= 15 is 0 Å². The molecule has 1 saturated carbocycles. The Hall–Kier alpha value is -2.71. The number of benzene rings is 2. The van der Waals surface area contributed by atoms with Gasteiger partial charge in [0.05, 0.1) is 11.4 Å². The molecule has 0 radical (unpaired) electrons. The fourth-order valence-electron chi connectivity index (χ4n) is 5.72. The molecule has 2 aromatic rings. The standard InChI is InChI=1S/C30H41N3O4S/c1-2-20-32(38(36,37)28-16-10-5-11-17-28)24-29(34)33(23-25-12-6-3-7-13-25)27-18-21-31(22-19-27)30(35)26-14-8-4-9-15-26/h3,5-7,10-13,16-17,26-27H,2,4,8-9,14-15,18-24H2,1H3. The Balaban J connectivity index is 1.49. The number of piperidine rings is 1. The van der Waals surface area contributed by atoms with E-state index in [9.17, 15) is 18.0 Å². The first-order chi connectivity index (χ1) is 18.4. The third kappa shape index (κ3) is 7.03. The van der Waals surface area contributed by atoms with Gasteiger partial charge in [0.25, 0.3) is 0 Å². The highest BCUT2D eigenvalue weighted by atomic mass is 32.2. The van der Waals surface area contributed by atoms with Crippen LogP contribution in [0.15, 0.2) is 65.6 Å². The van der Waals surface area contributed by atoms with Gasteiger partial charge in [-0.05, 0) is 49.8 Å². The minimum Gasteiger partial charge on any atom is -0.342 e. The number of carbonyl (C=O) groups is 2. The van der Waals surface area contributed by atoms with Crippen LogP contribution in [-0.4, -0.2) is 66.6 Å². The zero-order valence-corrected chi connectivity index (χ0v) is 23.3. The molecule has 2 aromatic carbocycles. The maximum atomic E-state index is 13.8. The smallest absolute Gasteiger partial charge is 0.243 e. The lowest BCUT2D eigenvalue weighted by Gasteiger charge is -2.40. The zero-order valence-electron chi connectivity index (χ0n) is 22.5. The van der Waals surface area contributed by atoms with Crippen LogP contribution < -0.4 is 0 Å². The zero-order chi connectivity index (χ0) is 27.0. The molecule has 0 atom stereocenters. The highest BCUT2D eigenvalue weighted by Gasteiger charge is 2.34. The summed E-state index contributed by atoms with van der Waals surface area (Å²) in [5.41, 5.74) is 1.01. The first-order valence-corrected chi connectivity index (χ1v) is 15.5. The van der Waals surface area contributed by atoms with Crippen molar-refractivity contribution in [2.45, 2.75) is 75.8 Å². The summed E-state index contributed by atoms with van der Waals surface area (Å²) in [7, 11) is -3.79. The molecule has 1 aliphatic heterocycles. The van der Waals surface area contributed by atoms with Crippen molar-refractivity contribution < 1.29 is 18.0 Å². The van der Waals surface area contributed by atoms with Crippen LogP contribution in [0.25, 0.3) is 0 Å².